The summed E-state index contributed by atoms with van der Waals surface area (Å²) in [5.74, 6) is 1.73. The summed E-state index contributed by atoms with van der Waals surface area (Å²) in [6, 6.07) is 6.70. The number of aromatic nitrogens is 4. The summed E-state index contributed by atoms with van der Waals surface area (Å²) in [6.45, 7) is 6.93. The minimum Gasteiger partial charge on any atom is -0.368 e. The molecule has 1 saturated heterocycles. The molecule has 3 rings (SSSR count). The number of hydrogen-bond donors (Lipinski definition) is 0. The summed E-state index contributed by atoms with van der Waals surface area (Å²) < 4.78 is 14.8. The second-order valence-electron chi connectivity index (χ2n) is 6.47. The van der Waals surface area contributed by atoms with Crippen molar-refractivity contribution < 1.29 is 9.18 Å². The van der Waals surface area contributed by atoms with Crippen LogP contribution in [0.5, 0.6) is 0 Å². The van der Waals surface area contributed by atoms with Crippen LogP contribution in [0.2, 0.25) is 0 Å². The molecule has 9 heteroatoms. The Kier molecular flexibility index (Phi) is 6.08. The lowest BCUT2D eigenvalue weighted by Gasteiger charge is -2.36. The monoisotopic (exact) mass is 378 g/mol. The average Bonchev–Trinajstić information content (AvgIpc) is 3.11. The van der Waals surface area contributed by atoms with Gasteiger partial charge in [-0.2, -0.15) is 0 Å². The first-order valence-electron chi connectivity index (χ1n) is 8.67. The molecule has 1 amide bonds. The molecule has 1 aliphatic rings. The lowest BCUT2D eigenvalue weighted by molar-refractivity contribution is -0.128. The molecule has 0 radical (unpaired) electrons. The minimum atomic E-state index is -0.233. The molecule has 0 spiro atoms. The van der Waals surface area contributed by atoms with E-state index in [0.717, 1.165) is 24.6 Å². The van der Waals surface area contributed by atoms with Gasteiger partial charge in [0, 0.05) is 31.9 Å². The number of carbonyl (C=O) groups is 1. The number of halogens is 1. The predicted octanol–water partition coefficient (Wildman–Crippen LogP) is 1.98. The van der Waals surface area contributed by atoms with Crippen molar-refractivity contribution in [1.29, 1.82) is 0 Å². The Labute approximate surface area is 156 Å². The fourth-order valence-corrected chi connectivity index (χ4v) is 3.73. The van der Waals surface area contributed by atoms with Crippen molar-refractivity contribution in [3.8, 4) is 0 Å². The molecule has 2 heterocycles. The second kappa shape index (κ2) is 8.48. The molecule has 0 saturated carbocycles. The number of piperazine rings is 1. The van der Waals surface area contributed by atoms with E-state index in [-0.39, 0.29) is 17.8 Å². The van der Waals surface area contributed by atoms with Gasteiger partial charge in [0.15, 0.2) is 5.82 Å². The summed E-state index contributed by atoms with van der Waals surface area (Å²) in [4.78, 5) is 16.5. The van der Waals surface area contributed by atoms with Crippen molar-refractivity contribution in [1.82, 2.24) is 25.1 Å². The third-order valence-electron chi connectivity index (χ3n) is 4.33. The van der Waals surface area contributed by atoms with Crippen molar-refractivity contribution in [2.24, 2.45) is 0 Å². The highest BCUT2D eigenvalue weighted by atomic mass is 32.2. The number of rotatable bonds is 6. The predicted molar refractivity (Wildman–Crippen MR) is 99.6 cm³/mol. The number of nitrogens with zero attached hydrogens (tertiary/aromatic N) is 6. The van der Waals surface area contributed by atoms with Crippen LogP contribution in [0.1, 0.15) is 25.7 Å². The van der Waals surface area contributed by atoms with Gasteiger partial charge in [-0.25, -0.2) is 9.07 Å². The fraction of sp³-hybridized carbons (Fsp3) is 0.529. The third-order valence-corrected chi connectivity index (χ3v) is 5.24. The van der Waals surface area contributed by atoms with Gasteiger partial charge in [0.25, 0.3) is 0 Å². The number of anilines is 1. The first-order valence-corrected chi connectivity index (χ1v) is 9.83. The zero-order chi connectivity index (χ0) is 18.5. The zero-order valence-corrected chi connectivity index (χ0v) is 15.8. The van der Waals surface area contributed by atoms with Gasteiger partial charge in [0.1, 0.15) is 5.82 Å². The summed E-state index contributed by atoms with van der Waals surface area (Å²) in [7, 11) is 0. The first kappa shape index (κ1) is 18.6. The maximum atomic E-state index is 13.0. The molecule has 0 unspecified atom stereocenters. The van der Waals surface area contributed by atoms with E-state index in [1.165, 1.54) is 23.9 Å². The van der Waals surface area contributed by atoms with Gasteiger partial charge in [0.2, 0.25) is 5.91 Å². The molecule has 1 aromatic heterocycles. The Morgan fingerprint density at radius 2 is 1.88 bits per heavy atom. The fourth-order valence-electron chi connectivity index (χ4n) is 2.90. The van der Waals surface area contributed by atoms with Gasteiger partial charge in [0.05, 0.1) is 17.5 Å². The number of benzene rings is 1. The topological polar surface area (TPSA) is 67.2 Å². The van der Waals surface area contributed by atoms with E-state index in [4.69, 9.17) is 0 Å². The largest absolute Gasteiger partial charge is 0.368 e. The Hall–Kier alpha value is -2.16. The molecule has 7 nitrogen and oxygen atoms in total. The van der Waals surface area contributed by atoms with E-state index in [1.54, 1.807) is 16.8 Å². The third kappa shape index (κ3) is 4.51. The normalized spacial score (nSPS) is 14.9. The van der Waals surface area contributed by atoms with Gasteiger partial charge in [-0.15, -0.1) is 16.9 Å². The van der Waals surface area contributed by atoms with Gasteiger partial charge in [-0.1, -0.05) is 0 Å². The smallest absolute Gasteiger partial charge is 0.232 e. The average molecular weight is 378 g/mol. The molecule has 1 aromatic carbocycles. The molecule has 2 aromatic rings. The highest BCUT2D eigenvalue weighted by Gasteiger charge is 2.21. The van der Waals surface area contributed by atoms with Crippen molar-refractivity contribution in [2.45, 2.75) is 25.6 Å². The van der Waals surface area contributed by atoms with Crippen LogP contribution in [0, 0.1) is 5.82 Å². The van der Waals surface area contributed by atoms with Crippen molar-refractivity contribution in [2.75, 3.05) is 36.8 Å². The summed E-state index contributed by atoms with van der Waals surface area (Å²) in [5.41, 5.74) is 0.994. The number of hydrogen-bond acceptors (Lipinski definition) is 6. The molecule has 0 atom stereocenters. The summed E-state index contributed by atoms with van der Waals surface area (Å²) in [6.07, 6.45) is 0. The van der Waals surface area contributed by atoms with Gasteiger partial charge in [-0.3, -0.25) is 4.79 Å². The van der Waals surface area contributed by atoms with E-state index in [2.05, 4.69) is 20.4 Å². The lowest BCUT2D eigenvalue weighted by atomic mass is 10.2. The second-order valence-corrected chi connectivity index (χ2v) is 7.46. The summed E-state index contributed by atoms with van der Waals surface area (Å²) in [5, 5.41) is 11.7. The molecular weight excluding hydrogens is 355 g/mol. The highest BCUT2D eigenvalue weighted by molar-refractivity contribution is 7.99. The molecular formula is C17H23FN6OS. The maximum Gasteiger partial charge on any atom is 0.232 e. The van der Waals surface area contributed by atoms with E-state index < -0.39 is 0 Å². The van der Waals surface area contributed by atoms with Crippen molar-refractivity contribution >= 4 is 23.4 Å². The number of amides is 1. The number of tetrazole rings is 1. The van der Waals surface area contributed by atoms with Crippen LogP contribution < -0.4 is 4.90 Å². The van der Waals surface area contributed by atoms with Crippen molar-refractivity contribution in [3.63, 3.8) is 0 Å². The van der Waals surface area contributed by atoms with Gasteiger partial charge < -0.3 is 9.80 Å². The van der Waals surface area contributed by atoms with Crippen LogP contribution in [0.3, 0.4) is 0 Å². The Bertz CT molecular complexity index is 727. The summed E-state index contributed by atoms with van der Waals surface area (Å²) >= 11 is 1.53. The van der Waals surface area contributed by atoms with E-state index in [1.807, 2.05) is 18.7 Å². The standard InChI is InChI=1S/C17H23FN6OS/c1-13(2)24-16(19-20-21-24)11-26-12-17(25)23-9-7-22(8-10-23)15-5-3-14(18)4-6-15/h3-6,13H,7-12H2,1-2H3. The zero-order valence-electron chi connectivity index (χ0n) is 15.0. The maximum absolute atomic E-state index is 13.0. The SMILES string of the molecule is CC(C)n1nnnc1CSCC(=O)N1CCN(c2ccc(F)cc2)CC1. The quantitative estimate of drug-likeness (QED) is 0.766. The van der Waals surface area contributed by atoms with E-state index in [9.17, 15) is 9.18 Å². The molecule has 0 N–H and O–H groups in total. The Morgan fingerprint density at radius 1 is 1.19 bits per heavy atom. The van der Waals surface area contributed by atoms with E-state index in [0.29, 0.717) is 24.6 Å². The first-order chi connectivity index (χ1) is 12.5. The van der Waals surface area contributed by atoms with Gasteiger partial charge >= 0.3 is 0 Å². The highest BCUT2D eigenvalue weighted by Crippen LogP contribution is 2.18. The van der Waals surface area contributed by atoms with Crippen LogP contribution >= 0.6 is 11.8 Å². The molecule has 0 aliphatic carbocycles. The Balaban J connectivity index is 1.43. The molecule has 0 bridgehead atoms. The minimum absolute atomic E-state index is 0.136. The van der Waals surface area contributed by atoms with Crippen molar-refractivity contribution in [3.05, 3.63) is 35.9 Å². The Morgan fingerprint density at radius 3 is 2.54 bits per heavy atom. The number of thioether (sulfide) groups is 1. The molecule has 140 valence electrons. The van der Waals surface area contributed by atoms with Gasteiger partial charge in [-0.05, 0) is 48.5 Å². The molecule has 1 fully saturated rings. The van der Waals surface area contributed by atoms with Crippen LogP contribution in [0.25, 0.3) is 0 Å². The van der Waals surface area contributed by atoms with Crippen LogP contribution in [0.4, 0.5) is 10.1 Å². The van der Waals surface area contributed by atoms with Crippen LogP contribution in [-0.4, -0.2) is 62.9 Å². The molecule has 1 aliphatic heterocycles. The van der Waals surface area contributed by atoms with Crippen LogP contribution in [-0.2, 0) is 10.5 Å². The van der Waals surface area contributed by atoms with E-state index >= 15 is 0 Å². The lowest BCUT2D eigenvalue weighted by Crippen LogP contribution is -2.49. The van der Waals surface area contributed by atoms with Crippen LogP contribution in [0.15, 0.2) is 24.3 Å². The molecule has 26 heavy (non-hydrogen) atoms. The number of carbonyl (C=O) groups excluding carboxylic acids is 1.